The molecule has 2 fully saturated rings. The standard InChI is InChI=1S/C37H61ClN2O9/c1-7-29(42)27(4)34-30(47-34)24-36(5,45)15-8-11-25(2)33-26(3)12-13-31(37(6,46)16-14-28(41)23-32(43)49-33)48-35(44)40-20-10-19-39(21-22-40)18-9-17-38/h8,11-13,15,26-31,33-34,41-42,45-46H,7,9-10,14,16-24H2,1-6H3/b13-12+,15-8+,25-11+. The molecule has 3 rings (SSSR count). The molecule has 10 atom stereocenters. The molecule has 0 spiro atoms. The molecule has 3 aliphatic heterocycles. The Kier molecular flexibility index (Phi) is 16.1. The zero-order chi connectivity index (χ0) is 36.4. The zero-order valence-electron chi connectivity index (χ0n) is 30.3. The number of carbonyl (C=O) groups is 2. The van der Waals surface area contributed by atoms with E-state index in [4.69, 9.17) is 25.8 Å². The summed E-state index contributed by atoms with van der Waals surface area (Å²) in [6.07, 6.45) is 7.32. The van der Waals surface area contributed by atoms with Gasteiger partial charge in [-0.3, -0.25) is 4.79 Å². The number of hydrogen-bond acceptors (Lipinski definition) is 10. The topological polar surface area (TPSA) is 153 Å². The second-order valence-electron chi connectivity index (χ2n) is 14.7. The number of epoxide rings is 1. The summed E-state index contributed by atoms with van der Waals surface area (Å²) < 4.78 is 17.6. The zero-order valence-corrected chi connectivity index (χ0v) is 31.1. The van der Waals surface area contributed by atoms with Gasteiger partial charge in [0.2, 0.25) is 0 Å². The maximum Gasteiger partial charge on any atom is 0.410 e. The molecule has 280 valence electrons. The molecule has 11 nitrogen and oxygen atoms in total. The smallest absolute Gasteiger partial charge is 0.410 e. The average molecular weight is 713 g/mol. The lowest BCUT2D eigenvalue weighted by molar-refractivity contribution is -0.151. The quantitative estimate of drug-likeness (QED) is 0.0756. The molecule has 0 aromatic carbocycles. The van der Waals surface area contributed by atoms with Crippen molar-refractivity contribution >= 4 is 23.7 Å². The third kappa shape index (κ3) is 13.3. The van der Waals surface area contributed by atoms with Gasteiger partial charge in [-0.2, -0.15) is 0 Å². The van der Waals surface area contributed by atoms with Crippen molar-refractivity contribution in [1.82, 2.24) is 9.80 Å². The maximum absolute atomic E-state index is 13.4. The van der Waals surface area contributed by atoms with Crippen molar-refractivity contribution in [3.63, 3.8) is 0 Å². The van der Waals surface area contributed by atoms with Gasteiger partial charge in [0.05, 0.1) is 36.4 Å². The van der Waals surface area contributed by atoms with Gasteiger partial charge < -0.3 is 44.4 Å². The monoisotopic (exact) mass is 712 g/mol. The summed E-state index contributed by atoms with van der Waals surface area (Å²) in [5, 5.41) is 43.3. The molecule has 0 aliphatic carbocycles. The first kappa shape index (κ1) is 41.4. The van der Waals surface area contributed by atoms with E-state index in [-0.39, 0.29) is 43.3 Å². The van der Waals surface area contributed by atoms with Gasteiger partial charge in [-0.25, -0.2) is 4.79 Å². The van der Waals surface area contributed by atoms with Crippen molar-refractivity contribution in [2.45, 2.75) is 134 Å². The molecular formula is C37H61ClN2O9. The van der Waals surface area contributed by atoms with Crippen LogP contribution < -0.4 is 0 Å². The predicted molar refractivity (Wildman–Crippen MR) is 189 cm³/mol. The lowest BCUT2D eigenvalue weighted by Crippen LogP contribution is -2.45. The third-order valence-electron chi connectivity index (χ3n) is 10.0. The number of aliphatic hydroxyl groups is 4. The highest BCUT2D eigenvalue weighted by molar-refractivity contribution is 6.17. The summed E-state index contributed by atoms with van der Waals surface area (Å²) >= 11 is 5.87. The number of alkyl halides is 1. The van der Waals surface area contributed by atoms with Gasteiger partial charge in [-0.05, 0) is 77.6 Å². The van der Waals surface area contributed by atoms with E-state index in [1.165, 1.54) is 0 Å². The van der Waals surface area contributed by atoms with Gasteiger partial charge in [0.1, 0.15) is 11.7 Å². The third-order valence-corrected chi connectivity index (χ3v) is 10.3. The molecule has 0 saturated carbocycles. The Morgan fingerprint density at radius 3 is 2.69 bits per heavy atom. The molecule has 1 amide bonds. The average Bonchev–Trinajstić information content (AvgIpc) is 3.84. The number of esters is 1. The number of nitrogens with zero attached hydrogens (tertiary/aromatic N) is 2. The van der Waals surface area contributed by atoms with Crippen molar-refractivity contribution in [3.05, 3.63) is 36.0 Å². The number of amides is 1. The first-order valence-corrected chi connectivity index (χ1v) is 18.5. The molecular weight excluding hydrogens is 652 g/mol. The Morgan fingerprint density at radius 2 is 2.00 bits per heavy atom. The van der Waals surface area contributed by atoms with Crippen LogP contribution in [0.4, 0.5) is 4.79 Å². The summed E-state index contributed by atoms with van der Waals surface area (Å²) in [7, 11) is 0. The number of hydrogen-bond donors (Lipinski definition) is 4. The fraction of sp³-hybridized carbons (Fsp3) is 0.784. The van der Waals surface area contributed by atoms with Crippen LogP contribution in [0, 0.1) is 11.8 Å². The first-order chi connectivity index (χ1) is 23.1. The van der Waals surface area contributed by atoms with Crippen molar-refractivity contribution in [2.24, 2.45) is 11.8 Å². The molecule has 0 radical (unpaired) electrons. The lowest BCUT2D eigenvalue weighted by Gasteiger charge is -2.34. The number of aliphatic hydroxyl groups excluding tert-OH is 2. The van der Waals surface area contributed by atoms with Crippen LogP contribution >= 0.6 is 11.6 Å². The summed E-state index contributed by atoms with van der Waals surface area (Å²) in [5.41, 5.74) is -1.96. The highest BCUT2D eigenvalue weighted by Crippen LogP contribution is 2.37. The van der Waals surface area contributed by atoms with Gasteiger partial charge in [-0.15, -0.1) is 11.6 Å². The van der Waals surface area contributed by atoms with Crippen molar-refractivity contribution in [3.8, 4) is 0 Å². The Labute approximate surface area is 297 Å². The van der Waals surface area contributed by atoms with E-state index >= 15 is 0 Å². The lowest BCUT2D eigenvalue weighted by atomic mass is 9.88. The minimum Gasteiger partial charge on any atom is -0.457 e. The van der Waals surface area contributed by atoms with Crippen molar-refractivity contribution in [2.75, 3.05) is 38.6 Å². The highest BCUT2D eigenvalue weighted by Gasteiger charge is 2.47. The number of allylic oxidation sites excluding steroid dienone is 2. The fourth-order valence-corrected chi connectivity index (χ4v) is 6.77. The Bertz CT molecular complexity index is 1160. The Hall–Kier alpha value is -1.99. The number of rotatable bonds is 12. The summed E-state index contributed by atoms with van der Waals surface area (Å²) in [6, 6.07) is 0. The molecule has 0 aromatic heterocycles. The predicted octanol–water partition coefficient (Wildman–Crippen LogP) is 4.35. The molecule has 0 aromatic rings. The van der Waals surface area contributed by atoms with Crippen LogP contribution in [0.15, 0.2) is 36.0 Å². The summed E-state index contributed by atoms with van der Waals surface area (Å²) in [4.78, 5) is 30.2. The van der Waals surface area contributed by atoms with Gasteiger partial charge in [0.25, 0.3) is 0 Å². The number of halogens is 1. The van der Waals surface area contributed by atoms with Crippen LogP contribution in [0.25, 0.3) is 0 Å². The molecule has 49 heavy (non-hydrogen) atoms. The molecule has 12 heteroatoms. The summed E-state index contributed by atoms with van der Waals surface area (Å²) in [5.74, 6) is -0.372. The van der Waals surface area contributed by atoms with Crippen molar-refractivity contribution in [1.29, 1.82) is 0 Å². The summed E-state index contributed by atoms with van der Waals surface area (Å²) in [6.45, 7) is 14.4. The van der Waals surface area contributed by atoms with E-state index in [9.17, 15) is 30.0 Å². The van der Waals surface area contributed by atoms with Crippen molar-refractivity contribution < 1.29 is 44.2 Å². The number of carbonyl (C=O) groups excluding carboxylic acids is 2. The van der Waals surface area contributed by atoms with Crippen LogP contribution in [0.2, 0.25) is 0 Å². The second-order valence-corrected chi connectivity index (χ2v) is 15.1. The minimum absolute atomic E-state index is 0.0146. The second kappa shape index (κ2) is 19.0. The van der Waals surface area contributed by atoms with Gasteiger partial charge >= 0.3 is 12.1 Å². The van der Waals surface area contributed by atoms with E-state index < -0.39 is 47.7 Å². The Balaban J connectivity index is 1.73. The van der Waals surface area contributed by atoms with Gasteiger partial charge in [0.15, 0.2) is 6.10 Å². The van der Waals surface area contributed by atoms with E-state index in [0.717, 1.165) is 25.9 Å². The molecule has 3 aliphatic rings. The molecule has 4 N–H and O–H groups in total. The Morgan fingerprint density at radius 1 is 1.27 bits per heavy atom. The number of ether oxygens (including phenoxy) is 3. The largest absolute Gasteiger partial charge is 0.457 e. The van der Waals surface area contributed by atoms with E-state index in [0.29, 0.717) is 43.9 Å². The van der Waals surface area contributed by atoms with Crippen LogP contribution in [-0.4, -0.2) is 129 Å². The maximum atomic E-state index is 13.4. The van der Waals surface area contributed by atoms with E-state index in [2.05, 4.69) is 4.90 Å². The van der Waals surface area contributed by atoms with E-state index in [1.807, 2.05) is 27.7 Å². The number of cyclic esters (lactones) is 1. The fourth-order valence-electron chi connectivity index (χ4n) is 6.65. The van der Waals surface area contributed by atoms with Crippen LogP contribution in [-0.2, 0) is 19.0 Å². The minimum atomic E-state index is -1.50. The van der Waals surface area contributed by atoms with E-state index in [1.54, 1.807) is 49.1 Å². The molecule has 0 bridgehead atoms. The van der Waals surface area contributed by atoms with Crippen LogP contribution in [0.3, 0.4) is 0 Å². The van der Waals surface area contributed by atoms with Crippen LogP contribution in [0.1, 0.15) is 86.5 Å². The first-order valence-electron chi connectivity index (χ1n) is 18.0. The SMILES string of the molecule is CCC(O)C(C)C1OC1CC(C)(O)/C=C/C=C(\C)C1OC(=O)CC(O)CCC(C)(O)C(OC(=O)N2CCCN(CCCCl)CC2)/C=C/C1C. The normalized spacial score (nSPS) is 34.1. The molecule has 3 heterocycles. The van der Waals surface area contributed by atoms with Crippen LogP contribution in [0.5, 0.6) is 0 Å². The highest BCUT2D eigenvalue weighted by atomic mass is 35.5. The molecule has 10 unspecified atom stereocenters. The molecule has 2 saturated heterocycles. The van der Waals surface area contributed by atoms with Gasteiger partial charge in [-0.1, -0.05) is 45.1 Å². The van der Waals surface area contributed by atoms with Gasteiger partial charge in [0, 0.05) is 43.8 Å².